The Kier molecular flexibility index (Phi) is 4.75. The number of hydrogen-bond acceptors (Lipinski definition) is 3. The zero-order valence-electron chi connectivity index (χ0n) is 11.4. The number of likely N-dealkylation sites (N-methyl/N-ethyl adjacent to an activating group) is 1. The molecule has 3 nitrogen and oxygen atoms in total. The normalized spacial score (nSPS) is 23.1. The van der Waals surface area contributed by atoms with Gasteiger partial charge in [0.25, 0.3) is 0 Å². The summed E-state index contributed by atoms with van der Waals surface area (Å²) in [6.07, 6.45) is 3.46. The molecule has 1 aliphatic carbocycles. The van der Waals surface area contributed by atoms with Gasteiger partial charge in [-0.2, -0.15) is 0 Å². The molecule has 0 saturated heterocycles. The second-order valence-corrected chi connectivity index (χ2v) is 5.20. The van der Waals surface area contributed by atoms with E-state index >= 15 is 0 Å². The SMILES string of the molecule is CN(C)C1c2ccccc2CCC1OCCCN. The smallest absolute Gasteiger partial charge is 0.0774 e. The molecule has 2 atom stereocenters. The van der Waals surface area contributed by atoms with E-state index in [2.05, 4.69) is 43.3 Å². The summed E-state index contributed by atoms with van der Waals surface area (Å²) >= 11 is 0. The quantitative estimate of drug-likeness (QED) is 0.810. The van der Waals surface area contributed by atoms with E-state index < -0.39 is 0 Å². The van der Waals surface area contributed by atoms with E-state index in [0.29, 0.717) is 18.7 Å². The average molecular weight is 248 g/mol. The molecule has 1 aliphatic rings. The maximum Gasteiger partial charge on any atom is 0.0774 e. The Morgan fingerprint density at radius 2 is 2.11 bits per heavy atom. The molecule has 100 valence electrons. The molecule has 0 saturated carbocycles. The molecule has 0 aliphatic heterocycles. The van der Waals surface area contributed by atoms with Crippen molar-refractivity contribution in [2.45, 2.75) is 31.4 Å². The Balaban J connectivity index is 2.14. The van der Waals surface area contributed by atoms with Gasteiger partial charge in [0, 0.05) is 6.61 Å². The van der Waals surface area contributed by atoms with Crippen LogP contribution in [0.2, 0.25) is 0 Å². The highest BCUT2D eigenvalue weighted by Gasteiger charge is 2.31. The number of benzene rings is 1. The zero-order valence-corrected chi connectivity index (χ0v) is 11.4. The Labute approximate surface area is 110 Å². The van der Waals surface area contributed by atoms with Crippen LogP contribution in [0.4, 0.5) is 0 Å². The first-order chi connectivity index (χ1) is 8.74. The second kappa shape index (κ2) is 6.32. The minimum atomic E-state index is 0.293. The van der Waals surface area contributed by atoms with Crippen LogP contribution in [0.1, 0.15) is 30.0 Å². The summed E-state index contributed by atoms with van der Waals surface area (Å²) in [5, 5.41) is 0. The van der Waals surface area contributed by atoms with Gasteiger partial charge in [0.15, 0.2) is 0 Å². The second-order valence-electron chi connectivity index (χ2n) is 5.20. The fourth-order valence-electron chi connectivity index (χ4n) is 2.81. The first-order valence-electron chi connectivity index (χ1n) is 6.80. The van der Waals surface area contributed by atoms with Crippen molar-refractivity contribution >= 4 is 0 Å². The van der Waals surface area contributed by atoms with Crippen molar-refractivity contribution in [1.82, 2.24) is 4.90 Å². The number of rotatable bonds is 5. The molecule has 2 N–H and O–H groups in total. The lowest BCUT2D eigenvalue weighted by atomic mass is 9.85. The van der Waals surface area contributed by atoms with Crippen molar-refractivity contribution in [1.29, 1.82) is 0 Å². The molecular formula is C15H24N2O. The predicted molar refractivity (Wildman–Crippen MR) is 74.6 cm³/mol. The van der Waals surface area contributed by atoms with Gasteiger partial charge in [-0.3, -0.25) is 0 Å². The summed E-state index contributed by atoms with van der Waals surface area (Å²) in [6.45, 7) is 1.48. The summed E-state index contributed by atoms with van der Waals surface area (Å²) in [7, 11) is 4.26. The molecule has 2 rings (SSSR count). The van der Waals surface area contributed by atoms with Crippen LogP contribution in [0.5, 0.6) is 0 Å². The van der Waals surface area contributed by atoms with Gasteiger partial charge >= 0.3 is 0 Å². The van der Waals surface area contributed by atoms with Gasteiger partial charge in [-0.1, -0.05) is 24.3 Å². The van der Waals surface area contributed by atoms with Crippen molar-refractivity contribution < 1.29 is 4.74 Å². The average Bonchev–Trinajstić information content (AvgIpc) is 2.38. The van der Waals surface area contributed by atoms with Crippen LogP contribution in [-0.2, 0) is 11.2 Å². The van der Waals surface area contributed by atoms with Crippen LogP contribution in [0.3, 0.4) is 0 Å². The lowest BCUT2D eigenvalue weighted by Gasteiger charge is -2.37. The Morgan fingerprint density at radius 3 is 2.83 bits per heavy atom. The topological polar surface area (TPSA) is 38.5 Å². The standard InChI is InChI=1S/C15H24N2O/c1-17(2)15-13-7-4-3-6-12(13)8-9-14(15)18-11-5-10-16/h3-4,6-7,14-15H,5,8-11,16H2,1-2H3. The number of hydrogen-bond donors (Lipinski definition) is 1. The Morgan fingerprint density at radius 1 is 1.33 bits per heavy atom. The summed E-state index contributed by atoms with van der Waals surface area (Å²) in [4.78, 5) is 2.27. The van der Waals surface area contributed by atoms with E-state index in [4.69, 9.17) is 10.5 Å². The summed E-state index contributed by atoms with van der Waals surface area (Å²) in [5.74, 6) is 0. The molecule has 0 radical (unpaired) electrons. The monoisotopic (exact) mass is 248 g/mol. The molecule has 2 unspecified atom stereocenters. The van der Waals surface area contributed by atoms with Gasteiger partial charge in [0.2, 0.25) is 0 Å². The number of aryl methyl sites for hydroxylation is 1. The van der Waals surface area contributed by atoms with E-state index in [1.54, 1.807) is 0 Å². The highest BCUT2D eigenvalue weighted by atomic mass is 16.5. The number of ether oxygens (including phenoxy) is 1. The van der Waals surface area contributed by atoms with Gasteiger partial charge in [-0.25, -0.2) is 0 Å². The molecular weight excluding hydrogens is 224 g/mol. The maximum atomic E-state index is 6.03. The van der Waals surface area contributed by atoms with Crippen molar-refractivity contribution in [3.05, 3.63) is 35.4 Å². The van der Waals surface area contributed by atoms with E-state index in [1.807, 2.05) is 0 Å². The fourth-order valence-corrected chi connectivity index (χ4v) is 2.81. The van der Waals surface area contributed by atoms with Gasteiger partial charge in [0.05, 0.1) is 12.1 Å². The molecule has 0 heterocycles. The summed E-state index contributed by atoms with van der Waals surface area (Å²) in [5.41, 5.74) is 8.41. The molecule has 0 amide bonds. The molecule has 18 heavy (non-hydrogen) atoms. The lowest BCUT2D eigenvalue weighted by molar-refractivity contribution is -0.0127. The third kappa shape index (κ3) is 2.91. The first kappa shape index (κ1) is 13.5. The van der Waals surface area contributed by atoms with Gasteiger partial charge in [-0.15, -0.1) is 0 Å². The van der Waals surface area contributed by atoms with Crippen molar-refractivity contribution in [3.63, 3.8) is 0 Å². The van der Waals surface area contributed by atoms with Crippen LogP contribution >= 0.6 is 0 Å². The lowest BCUT2D eigenvalue weighted by Crippen LogP contribution is -2.37. The van der Waals surface area contributed by atoms with E-state index in [-0.39, 0.29) is 0 Å². The van der Waals surface area contributed by atoms with E-state index in [0.717, 1.165) is 25.9 Å². The third-order valence-electron chi connectivity index (χ3n) is 3.66. The van der Waals surface area contributed by atoms with Gasteiger partial charge in [-0.05, 0) is 51.0 Å². The number of nitrogens with two attached hydrogens (primary N) is 1. The molecule has 1 aromatic carbocycles. The maximum absolute atomic E-state index is 6.03. The van der Waals surface area contributed by atoms with Crippen LogP contribution in [0, 0.1) is 0 Å². The van der Waals surface area contributed by atoms with Crippen LogP contribution in [-0.4, -0.2) is 38.3 Å². The highest BCUT2D eigenvalue weighted by Crippen LogP contribution is 2.34. The minimum Gasteiger partial charge on any atom is -0.376 e. The van der Waals surface area contributed by atoms with Crippen LogP contribution in [0.25, 0.3) is 0 Å². The third-order valence-corrected chi connectivity index (χ3v) is 3.66. The predicted octanol–water partition coefficient (Wildman–Crippen LogP) is 1.97. The molecule has 3 heteroatoms. The van der Waals surface area contributed by atoms with E-state index in [1.165, 1.54) is 11.1 Å². The molecule has 0 bridgehead atoms. The summed E-state index contributed by atoms with van der Waals surface area (Å²) < 4.78 is 6.03. The van der Waals surface area contributed by atoms with Gasteiger partial charge < -0.3 is 15.4 Å². The van der Waals surface area contributed by atoms with Crippen LogP contribution in [0.15, 0.2) is 24.3 Å². The fraction of sp³-hybridized carbons (Fsp3) is 0.600. The zero-order chi connectivity index (χ0) is 13.0. The first-order valence-corrected chi connectivity index (χ1v) is 6.80. The highest BCUT2D eigenvalue weighted by molar-refractivity contribution is 5.33. The Bertz CT molecular complexity index is 379. The number of fused-ring (bicyclic) bond motifs is 1. The van der Waals surface area contributed by atoms with Crippen molar-refractivity contribution in [2.24, 2.45) is 5.73 Å². The molecule has 0 spiro atoms. The summed E-state index contributed by atoms with van der Waals surface area (Å²) in [6, 6.07) is 9.09. The largest absolute Gasteiger partial charge is 0.376 e. The van der Waals surface area contributed by atoms with Gasteiger partial charge in [0.1, 0.15) is 0 Å². The minimum absolute atomic E-state index is 0.293. The molecule has 0 aromatic heterocycles. The van der Waals surface area contributed by atoms with Crippen LogP contribution < -0.4 is 5.73 Å². The van der Waals surface area contributed by atoms with Crippen molar-refractivity contribution in [2.75, 3.05) is 27.2 Å². The van der Waals surface area contributed by atoms with Crippen molar-refractivity contribution in [3.8, 4) is 0 Å². The number of nitrogens with zero attached hydrogens (tertiary/aromatic N) is 1. The molecule has 1 aromatic rings. The van der Waals surface area contributed by atoms with E-state index in [9.17, 15) is 0 Å². The Hall–Kier alpha value is -0.900. The molecule has 0 fully saturated rings.